The second-order valence-electron chi connectivity index (χ2n) is 4.48. The van der Waals surface area contributed by atoms with E-state index in [0.29, 0.717) is 0 Å². The number of hydrogen-bond donors (Lipinski definition) is 0. The SMILES string of the molecule is C[SiH](C)c1cccc2c1sc1ccccc12. The highest BCUT2D eigenvalue weighted by Crippen LogP contribution is 2.32. The van der Waals surface area contributed by atoms with E-state index in [4.69, 9.17) is 0 Å². The van der Waals surface area contributed by atoms with Gasteiger partial charge in [-0.15, -0.1) is 11.3 Å². The first-order chi connectivity index (χ1) is 7.77. The van der Waals surface area contributed by atoms with Crippen molar-refractivity contribution in [2.45, 2.75) is 13.1 Å². The number of hydrogen-bond acceptors (Lipinski definition) is 1. The van der Waals surface area contributed by atoms with Crippen LogP contribution in [0.5, 0.6) is 0 Å². The highest BCUT2D eigenvalue weighted by molar-refractivity contribution is 7.27. The van der Waals surface area contributed by atoms with Crippen molar-refractivity contribution < 1.29 is 0 Å². The largest absolute Gasteiger partial charge is 0.135 e. The van der Waals surface area contributed by atoms with Gasteiger partial charge in [-0.05, 0) is 11.3 Å². The van der Waals surface area contributed by atoms with Gasteiger partial charge in [0.1, 0.15) is 0 Å². The summed E-state index contributed by atoms with van der Waals surface area (Å²) >= 11 is 1.95. The minimum Gasteiger partial charge on any atom is -0.135 e. The lowest BCUT2D eigenvalue weighted by molar-refractivity contribution is 1.84. The summed E-state index contributed by atoms with van der Waals surface area (Å²) in [5, 5.41) is 4.47. The van der Waals surface area contributed by atoms with Crippen molar-refractivity contribution in [2.24, 2.45) is 0 Å². The van der Waals surface area contributed by atoms with Crippen molar-refractivity contribution in [3.8, 4) is 0 Å². The maximum Gasteiger partial charge on any atom is 0.0666 e. The average molecular weight is 242 g/mol. The van der Waals surface area contributed by atoms with Gasteiger partial charge in [0.25, 0.3) is 0 Å². The molecule has 0 unspecified atom stereocenters. The normalized spacial score (nSPS) is 11.7. The highest BCUT2D eigenvalue weighted by Gasteiger charge is 2.10. The Labute approximate surface area is 101 Å². The van der Waals surface area contributed by atoms with E-state index in [1.165, 1.54) is 20.2 Å². The molecule has 0 fully saturated rings. The van der Waals surface area contributed by atoms with Crippen LogP contribution in [0.15, 0.2) is 42.5 Å². The van der Waals surface area contributed by atoms with Gasteiger partial charge in [-0.3, -0.25) is 0 Å². The van der Waals surface area contributed by atoms with Gasteiger partial charge in [-0.25, -0.2) is 0 Å². The molecule has 0 bridgehead atoms. The second-order valence-corrected chi connectivity index (χ2v) is 8.46. The van der Waals surface area contributed by atoms with E-state index in [9.17, 15) is 0 Å². The van der Waals surface area contributed by atoms with Crippen molar-refractivity contribution in [2.75, 3.05) is 0 Å². The summed E-state index contributed by atoms with van der Waals surface area (Å²) in [4.78, 5) is 0. The third kappa shape index (κ3) is 1.41. The lowest BCUT2D eigenvalue weighted by atomic mass is 10.1. The molecule has 0 aliphatic carbocycles. The zero-order valence-electron chi connectivity index (χ0n) is 9.53. The first kappa shape index (κ1) is 10.1. The molecule has 1 aromatic heterocycles. The molecule has 1 heterocycles. The van der Waals surface area contributed by atoms with E-state index < -0.39 is 8.80 Å². The fourth-order valence-corrected chi connectivity index (χ4v) is 5.41. The Morgan fingerprint density at radius 1 is 0.875 bits per heavy atom. The Morgan fingerprint density at radius 3 is 2.44 bits per heavy atom. The van der Waals surface area contributed by atoms with Crippen LogP contribution < -0.4 is 5.19 Å². The van der Waals surface area contributed by atoms with Gasteiger partial charge >= 0.3 is 0 Å². The highest BCUT2D eigenvalue weighted by atomic mass is 32.1. The van der Waals surface area contributed by atoms with Crippen LogP contribution in [0, 0.1) is 0 Å². The van der Waals surface area contributed by atoms with E-state index in [0.717, 1.165) is 0 Å². The zero-order valence-corrected chi connectivity index (χ0v) is 11.5. The van der Waals surface area contributed by atoms with Gasteiger partial charge in [0, 0.05) is 20.2 Å². The van der Waals surface area contributed by atoms with Crippen molar-refractivity contribution in [1.29, 1.82) is 0 Å². The van der Waals surface area contributed by atoms with Crippen LogP contribution in [-0.2, 0) is 0 Å². The third-order valence-electron chi connectivity index (χ3n) is 3.06. The van der Waals surface area contributed by atoms with Crippen molar-refractivity contribution in [1.82, 2.24) is 0 Å². The summed E-state index contributed by atoms with van der Waals surface area (Å²) in [6.45, 7) is 4.80. The molecule has 0 spiro atoms. The molecule has 16 heavy (non-hydrogen) atoms. The second kappa shape index (κ2) is 3.72. The molecule has 80 valence electrons. The minimum absolute atomic E-state index is 0.726. The van der Waals surface area contributed by atoms with Gasteiger partial charge in [0.15, 0.2) is 0 Å². The predicted molar refractivity (Wildman–Crippen MR) is 77.8 cm³/mol. The number of thiophene rings is 1. The molecular weight excluding hydrogens is 228 g/mol. The molecule has 3 aromatic rings. The molecule has 2 heteroatoms. The Balaban J connectivity index is 2.49. The lowest BCUT2D eigenvalue weighted by Crippen LogP contribution is -2.22. The van der Waals surface area contributed by atoms with Crippen LogP contribution in [0.1, 0.15) is 0 Å². The van der Waals surface area contributed by atoms with Gasteiger partial charge in [0.2, 0.25) is 0 Å². The monoisotopic (exact) mass is 242 g/mol. The molecule has 0 aliphatic heterocycles. The molecule has 0 saturated heterocycles. The maximum absolute atomic E-state index is 2.40. The molecule has 0 atom stereocenters. The number of fused-ring (bicyclic) bond motifs is 3. The van der Waals surface area contributed by atoms with Crippen LogP contribution in [0.4, 0.5) is 0 Å². The summed E-state index contributed by atoms with van der Waals surface area (Å²) in [6.07, 6.45) is 0. The van der Waals surface area contributed by atoms with Gasteiger partial charge < -0.3 is 0 Å². The molecule has 2 aromatic carbocycles. The number of benzene rings is 2. The average Bonchev–Trinajstić information content (AvgIpc) is 2.67. The molecule has 0 nitrogen and oxygen atoms in total. The summed E-state index contributed by atoms with van der Waals surface area (Å²) in [7, 11) is -0.726. The van der Waals surface area contributed by atoms with Crippen molar-refractivity contribution in [3.05, 3.63) is 42.5 Å². The molecule has 0 N–H and O–H groups in total. The first-order valence-corrected chi connectivity index (χ1v) is 9.38. The van der Waals surface area contributed by atoms with Crippen LogP contribution in [0.2, 0.25) is 13.1 Å². The van der Waals surface area contributed by atoms with E-state index in [-0.39, 0.29) is 0 Å². The fourth-order valence-electron chi connectivity index (χ4n) is 2.22. The summed E-state index contributed by atoms with van der Waals surface area (Å²) < 4.78 is 2.94. The maximum atomic E-state index is 2.40. The van der Waals surface area contributed by atoms with Crippen LogP contribution >= 0.6 is 11.3 Å². The van der Waals surface area contributed by atoms with E-state index in [1.807, 2.05) is 11.3 Å². The van der Waals surface area contributed by atoms with Gasteiger partial charge in [-0.2, -0.15) is 0 Å². The van der Waals surface area contributed by atoms with Gasteiger partial charge in [0.05, 0.1) is 8.80 Å². The summed E-state index contributed by atoms with van der Waals surface area (Å²) in [6, 6.07) is 15.5. The number of rotatable bonds is 1. The Hall–Kier alpha value is -1.12. The smallest absolute Gasteiger partial charge is 0.0666 e. The Kier molecular flexibility index (Phi) is 2.34. The quantitative estimate of drug-likeness (QED) is 0.570. The van der Waals surface area contributed by atoms with Crippen LogP contribution in [0.25, 0.3) is 20.2 Å². The van der Waals surface area contributed by atoms with E-state index in [2.05, 4.69) is 55.6 Å². The molecule has 0 saturated carbocycles. The standard InChI is InChI=1S/C14H14SSi/c1-16(2)13-9-5-7-11-10-6-3-4-8-12(10)15-14(11)13/h3-9,16H,1-2H3. The first-order valence-electron chi connectivity index (χ1n) is 5.67. The van der Waals surface area contributed by atoms with E-state index >= 15 is 0 Å². The van der Waals surface area contributed by atoms with Gasteiger partial charge in [-0.1, -0.05) is 49.5 Å². The topological polar surface area (TPSA) is 0 Å². The Bertz CT molecular complexity index is 652. The zero-order chi connectivity index (χ0) is 11.1. The summed E-state index contributed by atoms with van der Waals surface area (Å²) in [5.41, 5.74) is 0. The fraction of sp³-hybridized carbons (Fsp3) is 0.143. The summed E-state index contributed by atoms with van der Waals surface area (Å²) in [5.74, 6) is 0. The lowest BCUT2D eigenvalue weighted by Gasteiger charge is -2.04. The molecule has 0 aliphatic rings. The van der Waals surface area contributed by atoms with Crippen LogP contribution in [0.3, 0.4) is 0 Å². The molecule has 0 radical (unpaired) electrons. The molecule has 0 amide bonds. The van der Waals surface area contributed by atoms with Crippen molar-refractivity contribution >= 4 is 45.5 Å². The predicted octanol–water partition coefficient (Wildman–Crippen LogP) is 3.75. The molecular formula is C14H14SSi. The Morgan fingerprint density at radius 2 is 1.62 bits per heavy atom. The van der Waals surface area contributed by atoms with Crippen molar-refractivity contribution in [3.63, 3.8) is 0 Å². The van der Waals surface area contributed by atoms with Crippen LogP contribution in [-0.4, -0.2) is 8.80 Å². The van der Waals surface area contributed by atoms with E-state index in [1.54, 1.807) is 5.19 Å². The minimum atomic E-state index is -0.726. The third-order valence-corrected chi connectivity index (χ3v) is 6.23. The molecule has 3 rings (SSSR count).